The number of aryl methyl sites for hydroxylation is 1. The minimum atomic E-state index is -3.43. The first-order valence-electron chi connectivity index (χ1n) is 7.22. The van der Waals surface area contributed by atoms with Crippen molar-refractivity contribution in [1.82, 2.24) is 4.31 Å². The SMILES string of the molecule is CCCc1ccc(S(=O)(=O)N2CCC(O)C(C)C2)cc1. The van der Waals surface area contributed by atoms with Crippen LogP contribution in [0, 0.1) is 5.92 Å². The number of aliphatic hydroxyl groups is 1. The van der Waals surface area contributed by atoms with Gasteiger partial charge in [-0.2, -0.15) is 4.31 Å². The Bertz CT molecular complexity index is 539. The zero-order valence-corrected chi connectivity index (χ0v) is 12.9. The van der Waals surface area contributed by atoms with Gasteiger partial charge in [0.15, 0.2) is 0 Å². The van der Waals surface area contributed by atoms with E-state index in [2.05, 4.69) is 6.92 Å². The molecule has 20 heavy (non-hydrogen) atoms. The molecule has 0 radical (unpaired) electrons. The maximum atomic E-state index is 12.6. The molecule has 0 aliphatic carbocycles. The van der Waals surface area contributed by atoms with E-state index in [4.69, 9.17) is 0 Å². The summed E-state index contributed by atoms with van der Waals surface area (Å²) in [6, 6.07) is 7.16. The molecular weight excluding hydrogens is 274 g/mol. The van der Waals surface area contributed by atoms with E-state index in [-0.39, 0.29) is 5.92 Å². The Hall–Kier alpha value is -0.910. The van der Waals surface area contributed by atoms with Gasteiger partial charge in [0.25, 0.3) is 0 Å². The molecule has 1 aromatic rings. The van der Waals surface area contributed by atoms with Crippen LogP contribution in [0.3, 0.4) is 0 Å². The molecule has 1 N–H and O–H groups in total. The van der Waals surface area contributed by atoms with E-state index >= 15 is 0 Å². The molecule has 0 saturated carbocycles. The fraction of sp³-hybridized carbons (Fsp3) is 0.600. The van der Waals surface area contributed by atoms with Crippen LogP contribution in [0.5, 0.6) is 0 Å². The molecule has 2 rings (SSSR count). The highest BCUT2D eigenvalue weighted by Gasteiger charge is 2.32. The molecule has 0 aromatic heterocycles. The van der Waals surface area contributed by atoms with E-state index in [0.717, 1.165) is 18.4 Å². The van der Waals surface area contributed by atoms with Crippen molar-refractivity contribution in [2.45, 2.75) is 44.1 Å². The van der Waals surface area contributed by atoms with Crippen molar-refractivity contribution < 1.29 is 13.5 Å². The summed E-state index contributed by atoms with van der Waals surface area (Å²) in [7, 11) is -3.43. The lowest BCUT2D eigenvalue weighted by Gasteiger charge is -2.33. The van der Waals surface area contributed by atoms with Gasteiger partial charge in [-0.25, -0.2) is 8.42 Å². The van der Waals surface area contributed by atoms with Crippen LogP contribution in [-0.2, 0) is 16.4 Å². The molecule has 2 atom stereocenters. The van der Waals surface area contributed by atoms with Gasteiger partial charge in [-0.1, -0.05) is 32.4 Å². The Morgan fingerprint density at radius 3 is 2.50 bits per heavy atom. The second-order valence-corrected chi connectivity index (χ2v) is 7.53. The molecule has 0 amide bonds. The molecule has 2 unspecified atom stereocenters. The second kappa shape index (κ2) is 6.24. The molecule has 1 aromatic carbocycles. The monoisotopic (exact) mass is 297 g/mol. The fourth-order valence-corrected chi connectivity index (χ4v) is 4.13. The summed E-state index contributed by atoms with van der Waals surface area (Å²) in [5, 5.41) is 9.71. The first kappa shape index (κ1) is 15.5. The number of rotatable bonds is 4. The van der Waals surface area contributed by atoms with Gasteiger partial charge < -0.3 is 5.11 Å². The Labute approximate surface area is 121 Å². The summed E-state index contributed by atoms with van der Waals surface area (Å²) in [4.78, 5) is 0.348. The van der Waals surface area contributed by atoms with Crippen LogP contribution in [0.1, 0.15) is 32.3 Å². The van der Waals surface area contributed by atoms with Crippen LogP contribution in [0.15, 0.2) is 29.2 Å². The molecule has 1 fully saturated rings. The van der Waals surface area contributed by atoms with Crippen molar-refractivity contribution in [1.29, 1.82) is 0 Å². The fourth-order valence-electron chi connectivity index (χ4n) is 2.58. The first-order valence-corrected chi connectivity index (χ1v) is 8.66. The number of hydrogen-bond acceptors (Lipinski definition) is 3. The zero-order chi connectivity index (χ0) is 14.8. The molecule has 1 heterocycles. The van der Waals surface area contributed by atoms with Crippen molar-refractivity contribution in [3.8, 4) is 0 Å². The van der Waals surface area contributed by atoms with Gasteiger partial charge in [0.1, 0.15) is 0 Å². The molecule has 4 nitrogen and oxygen atoms in total. The standard InChI is InChI=1S/C15H23NO3S/c1-3-4-13-5-7-14(8-6-13)20(18,19)16-10-9-15(17)12(2)11-16/h5-8,12,15,17H,3-4,9-11H2,1-2H3. The summed E-state index contributed by atoms with van der Waals surface area (Å²) >= 11 is 0. The third-order valence-corrected chi connectivity index (χ3v) is 5.80. The van der Waals surface area contributed by atoms with Crippen LogP contribution in [-0.4, -0.2) is 37.0 Å². The van der Waals surface area contributed by atoms with Gasteiger partial charge >= 0.3 is 0 Å². The number of sulfonamides is 1. The van der Waals surface area contributed by atoms with Gasteiger partial charge in [-0.3, -0.25) is 0 Å². The molecule has 112 valence electrons. The van der Waals surface area contributed by atoms with Crippen molar-refractivity contribution in [2.24, 2.45) is 5.92 Å². The van der Waals surface area contributed by atoms with Crippen LogP contribution >= 0.6 is 0 Å². The largest absolute Gasteiger partial charge is 0.393 e. The predicted octanol–water partition coefficient (Wildman–Crippen LogP) is 2.03. The number of nitrogens with zero attached hydrogens (tertiary/aromatic N) is 1. The summed E-state index contributed by atoms with van der Waals surface area (Å²) in [5.74, 6) is -0.0158. The molecule has 5 heteroatoms. The van der Waals surface area contributed by atoms with E-state index in [1.807, 2.05) is 19.1 Å². The number of hydrogen-bond donors (Lipinski definition) is 1. The summed E-state index contributed by atoms with van der Waals surface area (Å²) in [6.45, 7) is 4.77. The molecule has 0 spiro atoms. The topological polar surface area (TPSA) is 57.6 Å². The summed E-state index contributed by atoms with van der Waals surface area (Å²) in [5.41, 5.74) is 1.16. The maximum absolute atomic E-state index is 12.6. The highest BCUT2D eigenvalue weighted by molar-refractivity contribution is 7.89. The van der Waals surface area contributed by atoms with E-state index < -0.39 is 16.1 Å². The number of benzene rings is 1. The van der Waals surface area contributed by atoms with Crippen LogP contribution in [0.25, 0.3) is 0 Å². The van der Waals surface area contributed by atoms with Crippen LogP contribution < -0.4 is 0 Å². The smallest absolute Gasteiger partial charge is 0.243 e. The number of aliphatic hydroxyl groups excluding tert-OH is 1. The Balaban J connectivity index is 2.17. The second-order valence-electron chi connectivity index (χ2n) is 5.59. The average molecular weight is 297 g/mol. The number of piperidine rings is 1. The third kappa shape index (κ3) is 3.22. The van der Waals surface area contributed by atoms with Gasteiger partial charge in [0, 0.05) is 13.1 Å². The lowest BCUT2D eigenvalue weighted by molar-refractivity contribution is 0.0628. The van der Waals surface area contributed by atoms with Crippen molar-refractivity contribution >= 4 is 10.0 Å². The van der Waals surface area contributed by atoms with Crippen molar-refractivity contribution in [2.75, 3.05) is 13.1 Å². The lowest BCUT2D eigenvalue weighted by atomic mass is 9.99. The quantitative estimate of drug-likeness (QED) is 0.925. The Morgan fingerprint density at radius 1 is 1.30 bits per heavy atom. The summed E-state index contributed by atoms with van der Waals surface area (Å²) in [6.07, 6.45) is 2.13. The molecule has 1 aliphatic heterocycles. The van der Waals surface area contributed by atoms with Gasteiger partial charge in [-0.05, 0) is 36.5 Å². The van der Waals surface area contributed by atoms with Crippen LogP contribution in [0.4, 0.5) is 0 Å². The van der Waals surface area contributed by atoms with Gasteiger partial charge in [0.05, 0.1) is 11.0 Å². The maximum Gasteiger partial charge on any atom is 0.243 e. The third-order valence-electron chi connectivity index (χ3n) is 3.92. The highest BCUT2D eigenvalue weighted by Crippen LogP contribution is 2.24. The first-order chi connectivity index (χ1) is 9.45. The van der Waals surface area contributed by atoms with E-state index in [0.29, 0.717) is 24.4 Å². The zero-order valence-electron chi connectivity index (χ0n) is 12.1. The van der Waals surface area contributed by atoms with E-state index in [9.17, 15) is 13.5 Å². The molecular formula is C15H23NO3S. The van der Waals surface area contributed by atoms with Gasteiger partial charge in [-0.15, -0.1) is 0 Å². The van der Waals surface area contributed by atoms with Gasteiger partial charge in [0.2, 0.25) is 10.0 Å². The predicted molar refractivity (Wildman–Crippen MR) is 79.0 cm³/mol. The van der Waals surface area contributed by atoms with E-state index in [1.54, 1.807) is 12.1 Å². The Kier molecular flexibility index (Phi) is 4.83. The summed E-state index contributed by atoms with van der Waals surface area (Å²) < 4.78 is 26.6. The lowest BCUT2D eigenvalue weighted by Crippen LogP contribution is -2.44. The molecule has 0 bridgehead atoms. The minimum absolute atomic E-state index is 0.0158. The Morgan fingerprint density at radius 2 is 1.95 bits per heavy atom. The van der Waals surface area contributed by atoms with Crippen LogP contribution in [0.2, 0.25) is 0 Å². The van der Waals surface area contributed by atoms with Crippen molar-refractivity contribution in [3.05, 3.63) is 29.8 Å². The highest BCUT2D eigenvalue weighted by atomic mass is 32.2. The average Bonchev–Trinajstić information content (AvgIpc) is 2.43. The van der Waals surface area contributed by atoms with Crippen molar-refractivity contribution in [3.63, 3.8) is 0 Å². The van der Waals surface area contributed by atoms with E-state index in [1.165, 1.54) is 4.31 Å². The molecule has 1 saturated heterocycles. The normalized spacial score (nSPS) is 24.8. The minimum Gasteiger partial charge on any atom is -0.393 e. The molecule has 1 aliphatic rings.